The second kappa shape index (κ2) is 9.89. The fourth-order valence-electron chi connectivity index (χ4n) is 3.62. The van der Waals surface area contributed by atoms with Gasteiger partial charge in [-0.05, 0) is 56.3 Å². The summed E-state index contributed by atoms with van der Waals surface area (Å²) in [4.78, 5) is 40.3. The monoisotopic (exact) mass is 485 g/mol. The van der Waals surface area contributed by atoms with Gasteiger partial charge >= 0.3 is 6.09 Å². The molecule has 0 aliphatic heterocycles. The lowest BCUT2D eigenvalue weighted by atomic mass is 10.0. The second-order valence-electron chi connectivity index (χ2n) is 9.49. The Morgan fingerprint density at radius 1 is 1.18 bits per heavy atom. The van der Waals surface area contributed by atoms with Crippen molar-refractivity contribution in [1.29, 1.82) is 0 Å². The van der Waals surface area contributed by atoms with Crippen LogP contribution in [0.2, 0.25) is 0 Å². The highest BCUT2D eigenvalue weighted by Crippen LogP contribution is 2.40. The number of anilines is 1. The molecule has 0 atom stereocenters. The lowest BCUT2D eigenvalue weighted by molar-refractivity contribution is -0.119. The number of fused-ring (bicyclic) bond motifs is 1. The topological polar surface area (TPSA) is 104 Å². The van der Waals surface area contributed by atoms with Crippen LogP contribution < -0.4 is 20.9 Å². The molecule has 0 radical (unpaired) electrons. The van der Waals surface area contributed by atoms with Crippen LogP contribution in [0.5, 0.6) is 5.75 Å². The zero-order valence-corrected chi connectivity index (χ0v) is 21.2. The summed E-state index contributed by atoms with van der Waals surface area (Å²) in [5.74, 6) is 0.387. The molecule has 2 N–H and O–H groups in total. The van der Waals surface area contributed by atoms with Crippen molar-refractivity contribution in [1.82, 2.24) is 4.57 Å². The molecule has 2 amide bonds. The van der Waals surface area contributed by atoms with Crippen LogP contribution in [0.25, 0.3) is 21.2 Å². The summed E-state index contributed by atoms with van der Waals surface area (Å²) in [6.07, 6.45) is -0.567. The molecule has 0 aliphatic rings. The van der Waals surface area contributed by atoms with E-state index in [1.807, 2.05) is 31.4 Å². The van der Waals surface area contributed by atoms with E-state index in [-0.39, 0.29) is 18.1 Å². The second-order valence-corrected chi connectivity index (χ2v) is 10.4. The number of nitrogens with zero attached hydrogens (tertiary/aromatic N) is 2. The van der Waals surface area contributed by atoms with E-state index in [9.17, 15) is 14.4 Å². The van der Waals surface area contributed by atoms with E-state index in [2.05, 4.69) is 0 Å². The predicted octanol–water partition coefficient (Wildman–Crippen LogP) is 4.62. The van der Waals surface area contributed by atoms with E-state index >= 15 is 0 Å². The molecular weight excluding hydrogens is 454 g/mol. The van der Waals surface area contributed by atoms with Crippen LogP contribution in [0.15, 0.2) is 40.5 Å². The van der Waals surface area contributed by atoms with Gasteiger partial charge in [-0.15, -0.1) is 11.3 Å². The Labute approximate surface area is 202 Å². The van der Waals surface area contributed by atoms with Crippen molar-refractivity contribution in [3.05, 3.63) is 46.1 Å². The molecule has 0 bridgehead atoms. The van der Waals surface area contributed by atoms with Gasteiger partial charge in [-0.3, -0.25) is 19.1 Å². The number of nitrogens with two attached hydrogens (primary N) is 1. The number of hydrogen-bond acceptors (Lipinski definition) is 6. The maximum atomic E-state index is 13.7. The molecule has 1 aromatic carbocycles. The third-order valence-corrected chi connectivity index (χ3v) is 5.78. The Morgan fingerprint density at radius 3 is 2.44 bits per heavy atom. The van der Waals surface area contributed by atoms with Crippen molar-refractivity contribution < 1.29 is 19.1 Å². The zero-order chi connectivity index (χ0) is 25.2. The highest BCUT2D eigenvalue weighted by atomic mass is 32.1. The molecule has 3 rings (SSSR count). The van der Waals surface area contributed by atoms with Crippen LogP contribution in [0.1, 0.15) is 34.6 Å². The number of primary amides is 1. The first kappa shape index (κ1) is 25.3. The van der Waals surface area contributed by atoms with E-state index in [1.54, 1.807) is 50.6 Å². The minimum Gasteiger partial charge on any atom is -0.484 e. The molecular formula is C25H31N3O5S. The minimum atomic E-state index is -0.704. The van der Waals surface area contributed by atoms with Crippen molar-refractivity contribution in [2.75, 3.05) is 18.6 Å². The summed E-state index contributed by atoms with van der Waals surface area (Å²) in [5.41, 5.74) is 5.01. The summed E-state index contributed by atoms with van der Waals surface area (Å²) in [6.45, 7) is 9.54. The number of ether oxygens (including phenoxy) is 2. The quantitative estimate of drug-likeness (QED) is 0.526. The maximum Gasteiger partial charge on any atom is 0.415 e. The number of carbonyl (C=O) groups is 2. The van der Waals surface area contributed by atoms with Crippen LogP contribution in [-0.2, 0) is 16.1 Å². The molecule has 2 heterocycles. The lowest BCUT2D eigenvalue weighted by Gasteiger charge is -2.29. The van der Waals surface area contributed by atoms with Gasteiger partial charge in [0.25, 0.3) is 11.5 Å². The van der Waals surface area contributed by atoms with E-state index in [1.165, 1.54) is 16.2 Å². The van der Waals surface area contributed by atoms with Crippen molar-refractivity contribution in [2.45, 2.75) is 46.8 Å². The van der Waals surface area contributed by atoms with E-state index in [4.69, 9.17) is 15.2 Å². The Balaban J connectivity index is 2.37. The van der Waals surface area contributed by atoms with Crippen molar-refractivity contribution in [3.63, 3.8) is 0 Å². The summed E-state index contributed by atoms with van der Waals surface area (Å²) < 4.78 is 12.8. The fourth-order valence-corrected chi connectivity index (χ4v) is 4.40. The van der Waals surface area contributed by atoms with Gasteiger partial charge in [0.2, 0.25) is 0 Å². The first-order valence-corrected chi connectivity index (χ1v) is 11.9. The molecule has 0 aliphatic carbocycles. The number of benzene rings is 1. The number of carbonyl (C=O) groups excluding carboxylic acids is 2. The molecule has 8 nitrogen and oxygen atoms in total. The number of rotatable bonds is 7. The number of aromatic nitrogens is 1. The Bertz CT molecular complexity index is 1260. The molecule has 34 heavy (non-hydrogen) atoms. The highest BCUT2D eigenvalue weighted by molar-refractivity contribution is 7.13. The normalized spacial score (nSPS) is 11.6. The Hall–Kier alpha value is -3.33. The third-order valence-electron chi connectivity index (χ3n) is 4.90. The molecule has 3 aromatic rings. The van der Waals surface area contributed by atoms with Gasteiger partial charge in [-0.2, -0.15) is 0 Å². The summed E-state index contributed by atoms with van der Waals surface area (Å²) in [6, 6.07) is 8.88. The molecule has 2 aromatic heterocycles. The van der Waals surface area contributed by atoms with Gasteiger partial charge in [0.15, 0.2) is 6.61 Å². The Kier molecular flexibility index (Phi) is 7.35. The molecule has 0 saturated carbocycles. The fraction of sp³-hybridized carbons (Fsp3) is 0.400. The van der Waals surface area contributed by atoms with Crippen molar-refractivity contribution in [2.24, 2.45) is 11.7 Å². The van der Waals surface area contributed by atoms with Crippen LogP contribution in [0.3, 0.4) is 0 Å². The average Bonchev–Trinajstić information content (AvgIpc) is 3.26. The van der Waals surface area contributed by atoms with Gasteiger partial charge in [0.1, 0.15) is 17.2 Å². The van der Waals surface area contributed by atoms with Crippen LogP contribution >= 0.6 is 11.3 Å². The zero-order valence-electron chi connectivity index (χ0n) is 20.4. The maximum absolute atomic E-state index is 13.7. The third kappa shape index (κ3) is 5.59. The van der Waals surface area contributed by atoms with Crippen LogP contribution in [0, 0.1) is 5.92 Å². The van der Waals surface area contributed by atoms with Gasteiger partial charge in [0, 0.05) is 34.8 Å². The van der Waals surface area contributed by atoms with E-state index in [0.717, 1.165) is 4.88 Å². The molecule has 9 heteroatoms. The average molecular weight is 486 g/mol. The van der Waals surface area contributed by atoms with Crippen molar-refractivity contribution >= 4 is 39.9 Å². The molecule has 0 spiro atoms. The number of hydrogen-bond donors (Lipinski definition) is 1. The van der Waals surface area contributed by atoms with Crippen LogP contribution in [0.4, 0.5) is 10.6 Å². The van der Waals surface area contributed by atoms with E-state index < -0.39 is 17.6 Å². The van der Waals surface area contributed by atoms with Crippen molar-refractivity contribution in [3.8, 4) is 16.2 Å². The predicted molar refractivity (Wildman–Crippen MR) is 136 cm³/mol. The van der Waals surface area contributed by atoms with Gasteiger partial charge in [-0.25, -0.2) is 4.79 Å². The number of pyridine rings is 1. The summed E-state index contributed by atoms with van der Waals surface area (Å²) >= 11 is 1.50. The molecule has 182 valence electrons. The lowest BCUT2D eigenvalue weighted by Crippen LogP contribution is -2.38. The van der Waals surface area contributed by atoms with Gasteiger partial charge in [-0.1, -0.05) is 19.9 Å². The highest BCUT2D eigenvalue weighted by Gasteiger charge is 2.28. The smallest absolute Gasteiger partial charge is 0.415 e. The van der Waals surface area contributed by atoms with Crippen LogP contribution in [-0.4, -0.2) is 35.8 Å². The van der Waals surface area contributed by atoms with Gasteiger partial charge in [0.05, 0.1) is 0 Å². The molecule has 0 fully saturated rings. The molecule has 0 saturated heterocycles. The molecule has 0 unspecified atom stereocenters. The largest absolute Gasteiger partial charge is 0.484 e. The minimum absolute atomic E-state index is 0.148. The first-order valence-electron chi connectivity index (χ1n) is 11.0. The van der Waals surface area contributed by atoms with Gasteiger partial charge < -0.3 is 15.2 Å². The number of amides is 2. The first-order chi connectivity index (χ1) is 15.9. The standard InChI is InChI=1S/C25H31N3O5S/c1-15(2)13-28-22(27(6)24(31)33-25(3,4)5)21(19-8-7-11-34-19)18-12-16(32-14-20(26)29)9-10-17(18)23(28)30/h7-12,15H,13-14H2,1-6H3,(H2,26,29). The number of thiophene rings is 1. The van der Waals surface area contributed by atoms with E-state index in [0.29, 0.717) is 34.4 Å². The summed E-state index contributed by atoms with van der Waals surface area (Å²) in [5, 5.41) is 3.03. The Morgan fingerprint density at radius 2 is 1.88 bits per heavy atom. The SMILES string of the molecule is CC(C)Cn1c(N(C)C(=O)OC(C)(C)C)c(-c2cccs2)c2cc(OCC(N)=O)ccc2c1=O. The summed E-state index contributed by atoms with van der Waals surface area (Å²) in [7, 11) is 1.61.